The molecular formula is C32H39N3O9S. The van der Waals surface area contributed by atoms with Gasteiger partial charge in [0.25, 0.3) is 0 Å². The van der Waals surface area contributed by atoms with Gasteiger partial charge < -0.3 is 29.3 Å². The molecule has 0 aliphatic rings. The molecule has 4 aromatic rings. The zero-order valence-corrected chi connectivity index (χ0v) is 26.8. The Morgan fingerprint density at radius 3 is 2.22 bits per heavy atom. The van der Waals surface area contributed by atoms with Crippen LogP contribution in [0.1, 0.15) is 37.3 Å². The SMILES string of the molecule is COc1ccc(CCN(C)CCCOc2ccc(S(=O)(=O)c3c(C(C)C)cn4ncccc34)cc2)cc1OC.O=C(O)C(=O)O. The number of aromatic nitrogens is 2. The molecule has 0 spiro atoms. The van der Waals surface area contributed by atoms with Crippen molar-refractivity contribution in [1.29, 1.82) is 0 Å². The molecule has 12 nitrogen and oxygen atoms in total. The number of fused-ring (bicyclic) bond motifs is 1. The van der Waals surface area contributed by atoms with E-state index < -0.39 is 21.8 Å². The zero-order valence-electron chi connectivity index (χ0n) is 26.0. The van der Waals surface area contributed by atoms with Crippen molar-refractivity contribution in [2.45, 2.75) is 42.4 Å². The van der Waals surface area contributed by atoms with E-state index in [-0.39, 0.29) is 10.8 Å². The summed E-state index contributed by atoms with van der Waals surface area (Å²) < 4.78 is 45.4. The van der Waals surface area contributed by atoms with Crippen molar-refractivity contribution in [3.63, 3.8) is 0 Å². The quantitative estimate of drug-likeness (QED) is 0.157. The highest BCUT2D eigenvalue weighted by Crippen LogP contribution is 2.34. The van der Waals surface area contributed by atoms with E-state index in [0.717, 1.165) is 43.0 Å². The Labute approximate surface area is 262 Å². The maximum Gasteiger partial charge on any atom is 0.414 e. The third-order valence-electron chi connectivity index (χ3n) is 6.93. The second kappa shape index (κ2) is 15.9. The zero-order chi connectivity index (χ0) is 33.1. The monoisotopic (exact) mass is 641 g/mol. The van der Waals surface area contributed by atoms with Crippen LogP contribution in [0.2, 0.25) is 0 Å². The maximum absolute atomic E-state index is 13.6. The summed E-state index contributed by atoms with van der Waals surface area (Å²) in [7, 11) is 1.64. The van der Waals surface area contributed by atoms with Gasteiger partial charge in [0.15, 0.2) is 11.5 Å². The van der Waals surface area contributed by atoms with Gasteiger partial charge in [-0.2, -0.15) is 5.10 Å². The first-order chi connectivity index (χ1) is 21.4. The highest BCUT2D eigenvalue weighted by Gasteiger charge is 2.27. The predicted molar refractivity (Wildman–Crippen MR) is 167 cm³/mol. The number of sulfone groups is 1. The molecule has 4 rings (SSSR count). The number of methoxy groups -OCH3 is 2. The minimum atomic E-state index is -3.73. The van der Waals surface area contributed by atoms with E-state index in [1.54, 1.807) is 67.5 Å². The molecule has 0 saturated carbocycles. The van der Waals surface area contributed by atoms with E-state index in [1.807, 2.05) is 26.0 Å². The van der Waals surface area contributed by atoms with Gasteiger partial charge in [-0.25, -0.2) is 22.5 Å². The van der Waals surface area contributed by atoms with Gasteiger partial charge in [-0.3, -0.25) is 0 Å². The van der Waals surface area contributed by atoms with Gasteiger partial charge in [-0.1, -0.05) is 19.9 Å². The second-order valence-electron chi connectivity index (χ2n) is 10.5. The standard InChI is InChI=1S/C30H37N3O5S.C2H2O4/c1-22(2)26-21-33-27(8-6-16-31-33)30(26)39(34,35)25-12-10-24(11-13-25)38-19-7-17-32(3)18-15-23-9-14-28(36-4)29(20-23)37-5;3-1(4)2(5)6/h6,8-14,16,20-22H,7,15,17-19H2,1-5H3;(H,3,4)(H,5,6). The molecule has 0 aliphatic carbocycles. The first kappa shape index (κ1) is 34.9. The van der Waals surface area contributed by atoms with Gasteiger partial charge in [-0.05, 0) is 85.5 Å². The number of nitrogens with zero attached hydrogens (tertiary/aromatic N) is 3. The van der Waals surface area contributed by atoms with E-state index >= 15 is 0 Å². The van der Waals surface area contributed by atoms with Crippen LogP contribution in [0.25, 0.3) is 5.52 Å². The molecule has 0 bridgehead atoms. The lowest BCUT2D eigenvalue weighted by Crippen LogP contribution is -2.23. The fourth-order valence-electron chi connectivity index (χ4n) is 4.53. The summed E-state index contributed by atoms with van der Waals surface area (Å²) in [6.45, 7) is 6.30. The van der Waals surface area contributed by atoms with Gasteiger partial charge in [0.05, 0.1) is 31.2 Å². The summed E-state index contributed by atoms with van der Waals surface area (Å²) in [5.74, 6) is -1.49. The lowest BCUT2D eigenvalue weighted by molar-refractivity contribution is -0.159. The summed E-state index contributed by atoms with van der Waals surface area (Å²) >= 11 is 0. The Morgan fingerprint density at radius 2 is 1.62 bits per heavy atom. The molecule has 0 saturated heterocycles. The van der Waals surface area contributed by atoms with Crippen molar-refractivity contribution in [1.82, 2.24) is 14.5 Å². The summed E-state index contributed by atoms with van der Waals surface area (Å²) in [5, 5.41) is 19.1. The fraction of sp³-hybridized carbons (Fsp3) is 0.344. The van der Waals surface area contributed by atoms with Gasteiger partial charge >= 0.3 is 11.9 Å². The van der Waals surface area contributed by atoms with E-state index in [4.69, 9.17) is 34.0 Å². The number of aliphatic carboxylic acids is 2. The smallest absolute Gasteiger partial charge is 0.414 e. The average Bonchev–Trinajstić information content (AvgIpc) is 3.43. The molecule has 2 aromatic carbocycles. The summed E-state index contributed by atoms with van der Waals surface area (Å²) in [6.07, 6.45) is 5.20. The molecular weight excluding hydrogens is 602 g/mol. The third-order valence-corrected chi connectivity index (χ3v) is 8.80. The fourth-order valence-corrected chi connectivity index (χ4v) is 6.30. The lowest BCUT2D eigenvalue weighted by atomic mass is 10.1. The van der Waals surface area contributed by atoms with Crippen LogP contribution in [-0.4, -0.2) is 86.0 Å². The van der Waals surface area contributed by atoms with Crippen LogP contribution >= 0.6 is 0 Å². The Kier molecular flexibility index (Phi) is 12.3. The van der Waals surface area contributed by atoms with E-state index in [0.29, 0.717) is 22.8 Å². The molecule has 242 valence electrons. The number of hydrogen-bond donors (Lipinski definition) is 2. The largest absolute Gasteiger partial charge is 0.494 e. The van der Waals surface area contributed by atoms with Gasteiger partial charge in [0, 0.05) is 25.5 Å². The molecule has 0 atom stereocenters. The van der Waals surface area contributed by atoms with Crippen LogP contribution in [0, 0.1) is 0 Å². The van der Waals surface area contributed by atoms with Crippen molar-refractivity contribution >= 4 is 27.3 Å². The first-order valence-electron chi connectivity index (χ1n) is 14.2. The number of hydrogen-bond acceptors (Lipinski definition) is 9. The normalized spacial score (nSPS) is 11.3. The highest BCUT2D eigenvalue weighted by atomic mass is 32.2. The third kappa shape index (κ3) is 9.19. The maximum atomic E-state index is 13.6. The molecule has 13 heteroatoms. The van der Waals surface area contributed by atoms with Crippen molar-refractivity contribution < 1.29 is 42.4 Å². The minimum Gasteiger partial charge on any atom is -0.494 e. The summed E-state index contributed by atoms with van der Waals surface area (Å²) in [6, 6.07) is 16.2. The molecule has 0 fully saturated rings. The van der Waals surface area contributed by atoms with Crippen LogP contribution < -0.4 is 14.2 Å². The van der Waals surface area contributed by atoms with E-state index in [2.05, 4.69) is 23.1 Å². The lowest BCUT2D eigenvalue weighted by Gasteiger charge is -2.17. The van der Waals surface area contributed by atoms with Crippen LogP contribution in [0.3, 0.4) is 0 Å². The number of likely N-dealkylation sites (N-methyl/N-ethyl adjacent to an activating group) is 1. The Balaban J connectivity index is 0.000000838. The van der Waals surface area contributed by atoms with Gasteiger partial charge in [0.2, 0.25) is 9.84 Å². The van der Waals surface area contributed by atoms with Crippen LogP contribution in [0.4, 0.5) is 0 Å². The molecule has 2 N–H and O–H groups in total. The minimum absolute atomic E-state index is 0.0382. The molecule has 0 unspecified atom stereocenters. The molecule has 0 aliphatic heterocycles. The number of rotatable bonds is 13. The number of carboxylic acid groups (broad SMARTS) is 2. The van der Waals surface area contributed by atoms with Crippen LogP contribution in [0.5, 0.6) is 17.2 Å². The summed E-state index contributed by atoms with van der Waals surface area (Å²) in [4.78, 5) is 21.0. The van der Waals surface area contributed by atoms with Crippen molar-refractivity contribution in [3.8, 4) is 17.2 Å². The van der Waals surface area contributed by atoms with Crippen molar-refractivity contribution in [2.24, 2.45) is 0 Å². The predicted octanol–water partition coefficient (Wildman–Crippen LogP) is 4.41. The van der Waals surface area contributed by atoms with Gasteiger partial charge in [0.1, 0.15) is 10.6 Å². The summed E-state index contributed by atoms with van der Waals surface area (Å²) in [5.41, 5.74) is 2.52. The van der Waals surface area contributed by atoms with Crippen LogP contribution in [-0.2, 0) is 25.8 Å². The Morgan fingerprint density at radius 1 is 0.956 bits per heavy atom. The van der Waals surface area contributed by atoms with Crippen molar-refractivity contribution in [2.75, 3.05) is 41.0 Å². The Hall–Kier alpha value is -4.62. The van der Waals surface area contributed by atoms with Crippen molar-refractivity contribution in [3.05, 3.63) is 78.1 Å². The van der Waals surface area contributed by atoms with E-state index in [9.17, 15) is 8.42 Å². The molecule has 2 aromatic heterocycles. The molecule has 45 heavy (non-hydrogen) atoms. The number of benzene rings is 2. The first-order valence-corrected chi connectivity index (χ1v) is 15.7. The molecule has 0 radical (unpaired) electrons. The number of ether oxygens (including phenoxy) is 3. The average molecular weight is 642 g/mol. The topological polar surface area (TPSA) is 157 Å². The van der Waals surface area contributed by atoms with E-state index in [1.165, 1.54) is 5.56 Å². The number of carbonyl (C=O) groups is 2. The Bertz CT molecular complexity index is 1690. The highest BCUT2D eigenvalue weighted by molar-refractivity contribution is 7.91. The van der Waals surface area contributed by atoms with Gasteiger partial charge in [-0.15, -0.1) is 0 Å². The second-order valence-corrected chi connectivity index (χ2v) is 12.3. The number of carboxylic acids is 2. The molecule has 0 amide bonds. The molecule has 2 heterocycles. The van der Waals surface area contributed by atoms with Crippen LogP contribution in [0.15, 0.2) is 76.8 Å².